The largest absolute Gasteiger partial charge is 0.445 e. The lowest BCUT2D eigenvalue weighted by molar-refractivity contribution is 0.0136. The molecule has 2 atom stereocenters. The minimum atomic E-state index is -1.27. The molecule has 0 aliphatic carbocycles. The zero-order valence-electron chi connectivity index (χ0n) is 14.9. The topological polar surface area (TPSA) is 125 Å². The van der Waals surface area contributed by atoms with E-state index in [-0.39, 0.29) is 30.7 Å². The van der Waals surface area contributed by atoms with Gasteiger partial charge in [0.1, 0.15) is 12.7 Å². The van der Waals surface area contributed by atoms with E-state index < -0.39 is 30.1 Å². The highest BCUT2D eigenvalue weighted by Crippen LogP contribution is 2.24. The number of carbonyl (C=O) groups is 3. The van der Waals surface area contributed by atoms with Gasteiger partial charge in [0.25, 0.3) is 11.8 Å². The summed E-state index contributed by atoms with van der Waals surface area (Å²) in [5.41, 5.74) is 1.56. The number of fused-ring (bicyclic) bond motifs is 1. The van der Waals surface area contributed by atoms with Crippen LogP contribution < -0.4 is 10.6 Å². The normalized spacial score (nSPS) is 14.8. The van der Waals surface area contributed by atoms with Crippen molar-refractivity contribution in [1.82, 2.24) is 10.6 Å². The van der Waals surface area contributed by atoms with E-state index in [9.17, 15) is 24.6 Å². The quantitative estimate of drug-likeness (QED) is 0.533. The molecule has 3 rings (SSSR count). The second kappa shape index (κ2) is 8.64. The van der Waals surface area contributed by atoms with Crippen LogP contribution in [0.15, 0.2) is 48.5 Å². The molecule has 0 radical (unpaired) electrons. The first-order valence-corrected chi connectivity index (χ1v) is 8.76. The predicted molar refractivity (Wildman–Crippen MR) is 98.5 cm³/mol. The van der Waals surface area contributed by atoms with Gasteiger partial charge in [-0.3, -0.25) is 14.9 Å². The Morgan fingerprint density at radius 2 is 1.75 bits per heavy atom. The molecule has 0 spiro atoms. The van der Waals surface area contributed by atoms with Gasteiger partial charge in [0.05, 0.1) is 17.2 Å². The SMILES string of the molecule is O=C(NCCC(O)C(O)c1ccc2c(c1)C(=O)NC2=O)OCc1ccccc1. The van der Waals surface area contributed by atoms with Gasteiger partial charge in [0, 0.05) is 6.54 Å². The maximum atomic E-state index is 11.7. The minimum absolute atomic E-state index is 0.0732. The molecule has 146 valence electrons. The third-order valence-corrected chi connectivity index (χ3v) is 4.39. The number of hydrogen-bond acceptors (Lipinski definition) is 6. The number of benzene rings is 2. The molecule has 8 heteroatoms. The fourth-order valence-electron chi connectivity index (χ4n) is 2.85. The standard InChI is InChI=1S/C20H20N2O6/c23-16(8-9-21-20(27)28-11-12-4-2-1-3-5-12)17(24)13-6-7-14-15(10-13)19(26)22-18(14)25/h1-7,10,16-17,23-24H,8-9,11H2,(H,21,27)(H,22,25,26). The van der Waals surface area contributed by atoms with Crippen molar-refractivity contribution in [3.8, 4) is 0 Å². The number of amides is 3. The van der Waals surface area contributed by atoms with Crippen molar-refractivity contribution in [1.29, 1.82) is 0 Å². The number of imide groups is 1. The van der Waals surface area contributed by atoms with Crippen LogP contribution in [0.4, 0.5) is 4.79 Å². The molecule has 0 aromatic heterocycles. The fourth-order valence-corrected chi connectivity index (χ4v) is 2.85. The summed E-state index contributed by atoms with van der Waals surface area (Å²) in [6.45, 7) is 0.226. The monoisotopic (exact) mass is 384 g/mol. The molecule has 2 aromatic carbocycles. The number of nitrogens with one attached hydrogen (secondary N) is 2. The van der Waals surface area contributed by atoms with Crippen molar-refractivity contribution in [3.63, 3.8) is 0 Å². The molecule has 0 bridgehead atoms. The minimum Gasteiger partial charge on any atom is -0.445 e. The highest BCUT2D eigenvalue weighted by Gasteiger charge is 2.28. The lowest BCUT2D eigenvalue weighted by Gasteiger charge is -2.18. The van der Waals surface area contributed by atoms with Crippen LogP contribution in [-0.2, 0) is 11.3 Å². The van der Waals surface area contributed by atoms with Crippen molar-refractivity contribution >= 4 is 17.9 Å². The lowest BCUT2D eigenvalue weighted by Crippen LogP contribution is -2.29. The number of ether oxygens (including phenoxy) is 1. The van der Waals surface area contributed by atoms with E-state index in [2.05, 4.69) is 10.6 Å². The average molecular weight is 384 g/mol. The Hall–Kier alpha value is -3.23. The number of aliphatic hydroxyl groups excluding tert-OH is 2. The van der Waals surface area contributed by atoms with Crippen molar-refractivity contribution in [2.45, 2.75) is 25.2 Å². The fraction of sp³-hybridized carbons (Fsp3) is 0.250. The summed E-state index contributed by atoms with van der Waals surface area (Å²) in [5.74, 6) is -1.02. The summed E-state index contributed by atoms with van der Waals surface area (Å²) >= 11 is 0. The molecular formula is C20H20N2O6. The average Bonchev–Trinajstić information content (AvgIpc) is 2.99. The Morgan fingerprint density at radius 3 is 2.50 bits per heavy atom. The molecule has 3 amide bonds. The highest BCUT2D eigenvalue weighted by atomic mass is 16.5. The second-order valence-electron chi connectivity index (χ2n) is 6.38. The van der Waals surface area contributed by atoms with Crippen LogP contribution in [0.3, 0.4) is 0 Å². The molecule has 1 aliphatic rings. The van der Waals surface area contributed by atoms with E-state index in [1.54, 1.807) is 0 Å². The highest BCUT2D eigenvalue weighted by molar-refractivity contribution is 6.21. The van der Waals surface area contributed by atoms with Gasteiger partial charge in [-0.1, -0.05) is 36.4 Å². The van der Waals surface area contributed by atoms with Crippen LogP contribution in [0, 0.1) is 0 Å². The number of hydrogen-bond donors (Lipinski definition) is 4. The van der Waals surface area contributed by atoms with Crippen LogP contribution in [0.2, 0.25) is 0 Å². The number of alkyl carbamates (subject to hydrolysis) is 1. The summed E-state index contributed by atoms with van der Waals surface area (Å²) in [7, 11) is 0. The van der Waals surface area contributed by atoms with Crippen molar-refractivity contribution < 1.29 is 29.3 Å². The Bertz CT molecular complexity index is 884. The maximum absolute atomic E-state index is 11.7. The number of rotatable bonds is 7. The van der Waals surface area contributed by atoms with Gasteiger partial charge >= 0.3 is 6.09 Å². The molecule has 8 nitrogen and oxygen atoms in total. The summed E-state index contributed by atoms with van der Waals surface area (Å²) < 4.78 is 5.06. The summed E-state index contributed by atoms with van der Waals surface area (Å²) in [6, 6.07) is 13.5. The number of carbonyl (C=O) groups excluding carboxylic acids is 3. The smallest absolute Gasteiger partial charge is 0.407 e. The number of aliphatic hydroxyl groups is 2. The molecule has 2 unspecified atom stereocenters. The first-order chi connectivity index (χ1) is 13.5. The van der Waals surface area contributed by atoms with E-state index in [4.69, 9.17) is 4.74 Å². The van der Waals surface area contributed by atoms with Gasteiger partial charge in [-0.15, -0.1) is 0 Å². The van der Waals surface area contributed by atoms with Gasteiger partial charge < -0.3 is 20.3 Å². The molecule has 2 aromatic rings. The van der Waals surface area contributed by atoms with Crippen molar-refractivity contribution in [3.05, 3.63) is 70.8 Å². The molecule has 0 saturated carbocycles. The van der Waals surface area contributed by atoms with E-state index in [1.807, 2.05) is 30.3 Å². The molecule has 1 aliphatic heterocycles. The van der Waals surface area contributed by atoms with Gasteiger partial charge in [-0.2, -0.15) is 0 Å². The first-order valence-electron chi connectivity index (χ1n) is 8.76. The molecule has 0 fully saturated rings. The Labute approximate surface area is 161 Å². The van der Waals surface area contributed by atoms with Gasteiger partial charge in [0.15, 0.2) is 0 Å². The Balaban J connectivity index is 1.46. The molecule has 1 heterocycles. The van der Waals surface area contributed by atoms with Crippen LogP contribution in [0.1, 0.15) is 44.4 Å². The summed E-state index contributed by atoms with van der Waals surface area (Å²) in [5, 5.41) is 25.1. The lowest BCUT2D eigenvalue weighted by atomic mass is 9.98. The third-order valence-electron chi connectivity index (χ3n) is 4.39. The molecular weight excluding hydrogens is 364 g/mol. The summed E-state index contributed by atoms with van der Waals surface area (Å²) in [6.07, 6.45) is -2.99. The van der Waals surface area contributed by atoms with E-state index in [1.165, 1.54) is 18.2 Å². The van der Waals surface area contributed by atoms with Gasteiger partial charge in [-0.05, 0) is 29.7 Å². The molecule has 4 N–H and O–H groups in total. The molecule has 28 heavy (non-hydrogen) atoms. The second-order valence-corrected chi connectivity index (χ2v) is 6.38. The Kier molecular flexibility index (Phi) is 6.03. The van der Waals surface area contributed by atoms with E-state index in [0.717, 1.165) is 5.56 Å². The van der Waals surface area contributed by atoms with Crippen molar-refractivity contribution in [2.24, 2.45) is 0 Å². The van der Waals surface area contributed by atoms with Crippen LogP contribution in [0.25, 0.3) is 0 Å². The zero-order valence-corrected chi connectivity index (χ0v) is 14.9. The van der Waals surface area contributed by atoms with Crippen LogP contribution >= 0.6 is 0 Å². The summed E-state index contributed by atoms with van der Waals surface area (Å²) in [4.78, 5) is 34.9. The van der Waals surface area contributed by atoms with E-state index >= 15 is 0 Å². The van der Waals surface area contributed by atoms with Crippen LogP contribution in [-0.4, -0.2) is 40.8 Å². The first kappa shape index (κ1) is 19.5. The maximum Gasteiger partial charge on any atom is 0.407 e. The van der Waals surface area contributed by atoms with E-state index in [0.29, 0.717) is 5.56 Å². The van der Waals surface area contributed by atoms with Gasteiger partial charge in [-0.25, -0.2) is 4.79 Å². The predicted octanol–water partition coefficient (Wildman–Crippen LogP) is 1.28. The van der Waals surface area contributed by atoms with Gasteiger partial charge in [0.2, 0.25) is 0 Å². The van der Waals surface area contributed by atoms with Crippen molar-refractivity contribution in [2.75, 3.05) is 6.54 Å². The molecule has 0 saturated heterocycles. The Morgan fingerprint density at radius 1 is 1.04 bits per heavy atom. The third kappa shape index (κ3) is 4.54. The van der Waals surface area contributed by atoms with Crippen LogP contribution in [0.5, 0.6) is 0 Å². The zero-order chi connectivity index (χ0) is 20.1.